The first kappa shape index (κ1) is 48.5. The molecule has 0 heterocycles. The maximum absolute atomic E-state index is 13.7. The molecule has 0 aliphatic heterocycles. The molecule has 3 nitrogen and oxygen atoms in total. The van der Waals surface area contributed by atoms with Crippen LogP contribution in [0.15, 0.2) is 0 Å². The van der Waals surface area contributed by atoms with Gasteiger partial charge in [0.15, 0.2) is 0 Å². The monoisotopic (exact) mass is 878 g/mol. The molecule has 0 aliphatic carbocycles. The zero-order chi connectivity index (χ0) is 40.9. The molecule has 0 aromatic carbocycles. The van der Waals surface area contributed by atoms with Crippen molar-refractivity contribution in [1.29, 1.82) is 0 Å². The van der Waals surface area contributed by atoms with Crippen molar-refractivity contribution >= 4 is 14.3 Å². The average Bonchev–Trinajstić information content (AvgIpc) is 2.85. The van der Waals surface area contributed by atoms with Gasteiger partial charge in [-0.2, -0.15) is 0 Å². The van der Waals surface area contributed by atoms with E-state index in [1.54, 1.807) is 0 Å². The Hall–Kier alpha value is -1.47. The molecule has 302 valence electrons. The summed E-state index contributed by atoms with van der Waals surface area (Å²) in [7, 11) is 0. The standard InChI is InChI=1S/C19H15F27GeO3/c1-47(48-5-2-8(20,21)11(26,27)14(32,33)17(38,39)40,49-6-3-9(22,23)12(28,29)15(34,35)18(41,42)43)50-7-4-10(24,25)13(30,31)16(36,37)19(44,45)46/h2-7H2,1H3. The van der Waals surface area contributed by atoms with E-state index in [4.69, 9.17) is 0 Å². The fourth-order valence-electron chi connectivity index (χ4n) is 2.91. The van der Waals surface area contributed by atoms with Crippen LogP contribution in [0.4, 0.5) is 119 Å². The van der Waals surface area contributed by atoms with Crippen LogP contribution in [0.3, 0.4) is 0 Å². The second-order valence-electron chi connectivity index (χ2n) is 9.71. The summed E-state index contributed by atoms with van der Waals surface area (Å²) >= 11 is -6.58. The zero-order valence-corrected chi connectivity index (χ0v) is 25.3. The summed E-state index contributed by atoms with van der Waals surface area (Å²) in [6, 6.07) is 0. The molecule has 0 rings (SSSR count). The van der Waals surface area contributed by atoms with E-state index < -0.39 is 125 Å². The summed E-state index contributed by atoms with van der Waals surface area (Å²) in [5.41, 5.74) is 0. The number of alkyl halides is 27. The van der Waals surface area contributed by atoms with Gasteiger partial charge in [0.05, 0.1) is 0 Å². The fourth-order valence-corrected chi connectivity index (χ4v) is 6.41. The molecule has 0 aromatic heterocycles. The summed E-state index contributed by atoms with van der Waals surface area (Å²) in [5, 5.41) is 0. The summed E-state index contributed by atoms with van der Waals surface area (Å²) in [6.45, 7) is -7.45. The van der Waals surface area contributed by atoms with E-state index in [1.807, 2.05) is 0 Å². The van der Waals surface area contributed by atoms with Gasteiger partial charge in [0, 0.05) is 0 Å². The van der Waals surface area contributed by atoms with E-state index in [2.05, 4.69) is 11.3 Å². The molecule has 0 atom stereocenters. The molecule has 0 unspecified atom stereocenters. The third-order valence-corrected chi connectivity index (χ3v) is 10.6. The molecular weight excluding hydrogens is 862 g/mol. The van der Waals surface area contributed by atoms with E-state index in [1.165, 1.54) is 0 Å². The van der Waals surface area contributed by atoms with Crippen molar-refractivity contribution in [3.63, 3.8) is 0 Å². The number of hydrogen-bond acceptors (Lipinski definition) is 3. The summed E-state index contributed by atoms with van der Waals surface area (Å²) < 4.78 is 363. The second kappa shape index (κ2) is 14.1. The van der Waals surface area contributed by atoms with Crippen molar-refractivity contribution in [2.24, 2.45) is 0 Å². The van der Waals surface area contributed by atoms with Crippen LogP contribution in [0.25, 0.3) is 0 Å². The van der Waals surface area contributed by atoms with E-state index >= 15 is 0 Å². The van der Waals surface area contributed by atoms with Gasteiger partial charge in [0.2, 0.25) is 0 Å². The summed E-state index contributed by atoms with van der Waals surface area (Å²) in [5.74, 6) is -64.6. The van der Waals surface area contributed by atoms with E-state index in [0.717, 1.165) is 0 Å². The molecule has 0 N–H and O–H groups in total. The van der Waals surface area contributed by atoms with Gasteiger partial charge in [-0.15, -0.1) is 0 Å². The van der Waals surface area contributed by atoms with Crippen molar-refractivity contribution in [2.75, 3.05) is 19.8 Å². The van der Waals surface area contributed by atoms with Crippen molar-refractivity contribution in [3.05, 3.63) is 0 Å². The minimum atomic E-state index is -7.55. The van der Waals surface area contributed by atoms with Gasteiger partial charge in [-0.3, -0.25) is 0 Å². The molecule has 0 saturated heterocycles. The Labute approximate surface area is 261 Å². The Kier molecular flexibility index (Phi) is 13.7. The Bertz CT molecular complexity index is 987. The number of rotatable bonds is 18. The molecule has 0 saturated carbocycles. The second-order valence-corrected chi connectivity index (χ2v) is 15.1. The predicted molar refractivity (Wildman–Crippen MR) is 106 cm³/mol. The van der Waals surface area contributed by atoms with Gasteiger partial charge in [-0.05, 0) is 0 Å². The Balaban J connectivity index is 6.34. The van der Waals surface area contributed by atoms with Crippen molar-refractivity contribution in [2.45, 2.75) is 96.9 Å². The van der Waals surface area contributed by atoms with E-state index in [-0.39, 0.29) is 5.76 Å². The first-order chi connectivity index (χ1) is 21.4. The van der Waals surface area contributed by atoms with E-state index in [9.17, 15) is 119 Å². The summed E-state index contributed by atoms with van der Waals surface area (Å²) in [4.78, 5) is 0. The van der Waals surface area contributed by atoms with Gasteiger partial charge in [-0.25, -0.2) is 0 Å². The topological polar surface area (TPSA) is 27.7 Å². The van der Waals surface area contributed by atoms with Crippen LogP contribution in [0, 0.1) is 0 Å². The van der Waals surface area contributed by atoms with Crippen molar-refractivity contribution in [1.82, 2.24) is 0 Å². The predicted octanol–water partition coefficient (Wildman–Crippen LogP) is 10.2. The first-order valence-electron chi connectivity index (χ1n) is 11.9. The summed E-state index contributed by atoms with van der Waals surface area (Å²) in [6.07, 6.45) is -31.4. The third-order valence-electron chi connectivity index (χ3n) is 5.97. The quantitative estimate of drug-likeness (QED) is 0.101. The molecule has 0 fully saturated rings. The zero-order valence-electron chi connectivity index (χ0n) is 23.2. The maximum atomic E-state index is 13.7. The van der Waals surface area contributed by atoms with E-state index in [0.29, 0.717) is 0 Å². The van der Waals surface area contributed by atoms with Crippen molar-refractivity contribution in [3.8, 4) is 0 Å². The molecule has 0 amide bonds. The molecule has 0 aliphatic rings. The van der Waals surface area contributed by atoms with Crippen LogP contribution in [0.1, 0.15) is 19.3 Å². The molecule has 0 radical (unpaired) electrons. The van der Waals surface area contributed by atoms with Gasteiger partial charge in [0.1, 0.15) is 0 Å². The van der Waals surface area contributed by atoms with Gasteiger partial charge in [-0.1, -0.05) is 0 Å². The van der Waals surface area contributed by atoms with Crippen LogP contribution >= 0.6 is 0 Å². The molecule has 50 heavy (non-hydrogen) atoms. The van der Waals surface area contributed by atoms with Crippen LogP contribution in [-0.4, -0.2) is 106 Å². The molecule has 0 spiro atoms. The SMILES string of the molecule is [CH3][Ge]([O]CCC(F)(F)C(F)(F)C(F)(F)C(F)(F)F)([O]CCC(F)(F)C(F)(F)C(F)(F)C(F)(F)F)[O]CCC(F)(F)C(F)(F)C(F)(F)C(F)(F)F. The number of hydrogen-bond donors (Lipinski definition) is 0. The van der Waals surface area contributed by atoms with Gasteiger partial charge < -0.3 is 0 Å². The normalized spacial score (nSPS) is 16.3. The minimum absolute atomic E-state index is 0.0815. The molecular formula is C19H15F27GeO3. The van der Waals surface area contributed by atoms with Crippen LogP contribution < -0.4 is 0 Å². The average molecular weight is 877 g/mol. The Morgan fingerprint density at radius 2 is 0.460 bits per heavy atom. The third kappa shape index (κ3) is 9.00. The molecule has 0 bridgehead atoms. The fraction of sp³-hybridized carbons (Fsp3) is 1.00. The van der Waals surface area contributed by atoms with Crippen LogP contribution in [0.2, 0.25) is 5.76 Å². The van der Waals surface area contributed by atoms with Crippen LogP contribution in [0.5, 0.6) is 0 Å². The van der Waals surface area contributed by atoms with Gasteiger partial charge in [0.25, 0.3) is 0 Å². The van der Waals surface area contributed by atoms with Crippen molar-refractivity contribution < 1.29 is 130 Å². The van der Waals surface area contributed by atoms with Gasteiger partial charge >= 0.3 is 261 Å². The molecule has 0 aromatic rings. The molecule has 31 heteroatoms. The Morgan fingerprint density at radius 1 is 0.300 bits per heavy atom. The number of halogens is 27. The first-order valence-corrected chi connectivity index (χ1v) is 16.6. The Morgan fingerprint density at radius 3 is 0.600 bits per heavy atom. The van der Waals surface area contributed by atoms with Crippen LogP contribution in [-0.2, 0) is 11.3 Å².